The van der Waals surface area contributed by atoms with Crippen molar-refractivity contribution in [2.45, 2.75) is 31.7 Å². The maximum Gasteiger partial charge on any atom is 0.254 e. The van der Waals surface area contributed by atoms with Gasteiger partial charge in [-0.15, -0.1) is 0 Å². The smallest absolute Gasteiger partial charge is 0.254 e. The van der Waals surface area contributed by atoms with E-state index in [0.717, 1.165) is 47.9 Å². The Morgan fingerprint density at radius 2 is 2.07 bits per heavy atom. The zero-order chi connectivity index (χ0) is 19.8. The molecular formula is C24H21FN2O2. The molecule has 3 heterocycles. The molecular weight excluding hydrogens is 367 g/mol. The van der Waals surface area contributed by atoms with Gasteiger partial charge in [-0.25, -0.2) is 4.39 Å². The lowest BCUT2D eigenvalue weighted by Crippen LogP contribution is -2.44. The number of likely N-dealkylation sites (tertiary alicyclic amines) is 1. The number of rotatable bonds is 3. The molecule has 0 radical (unpaired) electrons. The lowest BCUT2D eigenvalue weighted by atomic mass is 9.96. The van der Waals surface area contributed by atoms with Crippen molar-refractivity contribution in [3.05, 3.63) is 77.9 Å². The number of amides is 1. The summed E-state index contributed by atoms with van der Waals surface area (Å²) in [5, 5.41) is 1.64. The molecule has 4 aromatic rings. The first-order valence-corrected chi connectivity index (χ1v) is 10.0. The zero-order valence-corrected chi connectivity index (χ0v) is 16.0. The van der Waals surface area contributed by atoms with Gasteiger partial charge in [-0.2, -0.15) is 0 Å². The van der Waals surface area contributed by atoms with Gasteiger partial charge in [-0.1, -0.05) is 12.1 Å². The van der Waals surface area contributed by atoms with Gasteiger partial charge in [0.2, 0.25) is 0 Å². The number of halogens is 1. The number of furan rings is 1. The molecule has 0 saturated carbocycles. The second-order valence-corrected chi connectivity index (χ2v) is 7.62. The number of pyridine rings is 1. The van der Waals surface area contributed by atoms with Gasteiger partial charge in [0.1, 0.15) is 17.2 Å². The van der Waals surface area contributed by atoms with Gasteiger partial charge >= 0.3 is 0 Å². The summed E-state index contributed by atoms with van der Waals surface area (Å²) in [5.41, 5.74) is 2.19. The van der Waals surface area contributed by atoms with E-state index in [9.17, 15) is 9.18 Å². The van der Waals surface area contributed by atoms with E-state index in [1.54, 1.807) is 12.3 Å². The lowest BCUT2D eigenvalue weighted by Gasteiger charge is -2.35. The number of hydrogen-bond acceptors (Lipinski definition) is 3. The fourth-order valence-electron chi connectivity index (χ4n) is 4.33. The normalized spacial score (nSPS) is 17.1. The quantitative estimate of drug-likeness (QED) is 0.475. The maximum absolute atomic E-state index is 13.5. The molecule has 1 saturated heterocycles. The molecule has 0 spiro atoms. The van der Waals surface area contributed by atoms with E-state index in [4.69, 9.17) is 4.42 Å². The molecule has 5 rings (SSSR count). The van der Waals surface area contributed by atoms with Crippen molar-refractivity contribution in [3.63, 3.8) is 0 Å². The van der Waals surface area contributed by atoms with Crippen molar-refractivity contribution in [2.24, 2.45) is 0 Å². The topological polar surface area (TPSA) is 46.3 Å². The van der Waals surface area contributed by atoms with Crippen molar-refractivity contribution in [1.29, 1.82) is 0 Å². The van der Waals surface area contributed by atoms with Crippen molar-refractivity contribution >= 4 is 27.8 Å². The van der Waals surface area contributed by atoms with Crippen LogP contribution in [0.15, 0.2) is 65.2 Å². The summed E-state index contributed by atoms with van der Waals surface area (Å²) in [4.78, 5) is 19.8. The minimum Gasteiger partial charge on any atom is -0.461 e. The Bertz CT molecular complexity index is 1190. The zero-order valence-electron chi connectivity index (χ0n) is 16.0. The van der Waals surface area contributed by atoms with Crippen LogP contribution < -0.4 is 0 Å². The minimum atomic E-state index is -0.274. The second-order valence-electron chi connectivity index (χ2n) is 7.62. The summed E-state index contributed by atoms with van der Waals surface area (Å²) >= 11 is 0. The Morgan fingerprint density at radius 1 is 1.14 bits per heavy atom. The molecule has 1 atom stereocenters. The number of fused-ring (bicyclic) bond motifs is 2. The largest absolute Gasteiger partial charge is 0.461 e. The van der Waals surface area contributed by atoms with Gasteiger partial charge in [0.15, 0.2) is 0 Å². The van der Waals surface area contributed by atoms with Gasteiger partial charge in [-0.3, -0.25) is 9.78 Å². The molecule has 2 aromatic carbocycles. The number of carbonyl (C=O) groups excluding carboxylic acids is 1. The summed E-state index contributed by atoms with van der Waals surface area (Å²) in [6, 6.07) is 16.0. The molecule has 4 nitrogen and oxygen atoms in total. The lowest BCUT2D eigenvalue weighted by molar-refractivity contribution is 0.0610. The molecule has 1 aliphatic heterocycles. The average Bonchev–Trinajstić information content (AvgIpc) is 3.14. The molecule has 146 valence electrons. The monoisotopic (exact) mass is 388 g/mol. The SMILES string of the molecule is O=C(c1cccc2ncccc12)N1CCCCC1Cc1cc2cc(F)ccc2o1. The van der Waals surface area contributed by atoms with Gasteiger partial charge in [-0.05, 0) is 61.7 Å². The Labute approximate surface area is 168 Å². The molecule has 0 aliphatic carbocycles. The predicted molar refractivity (Wildman–Crippen MR) is 110 cm³/mol. The molecule has 1 amide bonds. The van der Waals surface area contributed by atoms with Crippen LogP contribution >= 0.6 is 0 Å². The number of aromatic nitrogens is 1. The molecule has 1 aliphatic rings. The first-order valence-electron chi connectivity index (χ1n) is 10.0. The Kier molecular flexibility index (Phi) is 4.51. The highest BCUT2D eigenvalue weighted by Gasteiger charge is 2.29. The number of carbonyl (C=O) groups is 1. The third-order valence-corrected chi connectivity index (χ3v) is 5.73. The Hall–Kier alpha value is -3.21. The van der Waals surface area contributed by atoms with Crippen LogP contribution in [0.4, 0.5) is 4.39 Å². The fourth-order valence-corrected chi connectivity index (χ4v) is 4.33. The van der Waals surface area contributed by atoms with Crippen molar-refractivity contribution in [3.8, 4) is 0 Å². The van der Waals surface area contributed by atoms with E-state index in [1.807, 2.05) is 41.3 Å². The third-order valence-electron chi connectivity index (χ3n) is 5.73. The molecule has 5 heteroatoms. The fraction of sp³-hybridized carbons (Fsp3) is 0.250. The first kappa shape index (κ1) is 17.9. The summed E-state index contributed by atoms with van der Waals surface area (Å²) in [6.07, 6.45) is 5.38. The van der Waals surface area contributed by atoms with Crippen LogP contribution in [0.25, 0.3) is 21.9 Å². The molecule has 0 N–H and O–H groups in total. The van der Waals surface area contributed by atoms with E-state index in [-0.39, 0.29) is 17.8 Å². The minimum absolute atomic E-state index is 0.0375. The van der Waals surface area contributed by atoms with Crippen LogP contribution in [0, 0.1) is 5.82 Å². The molecule has 1 fully saturated rings. The highest BCUT2D eigenvalue weighted by molar-refractivity contribution is 6.06. The van der Waals surface area contributed by atoms with E-state index in [2.05, 4.69) is 4.98 Å². The van der Waals surface area contributed by atoms with Crippen LogP contribution in [-0.4, -0.2) is 28.4 Å². The summed E-state index contributed by atoms with van der Waals surface area (Å²) in [7, 11) is 0. The standard InChI is InChI=1S/C24H21FN2O2/c25-17-9-10-23-16(13-17)14-19(29-23)15-18-5-1-2-12-27(18)24(28)21-6-3-8-22-20(21)7-4-11-26-22/h3-4,6-11,13-14,18H,1-2,5,12,15H2. The average molecular weight is 388 g/mol. The highest BCUT2D eigenvalue weighted by Crippen LogP contribution is 2.28. The Morgan fingerprint density at radius 3 is 3.00 bits per heavy atom. The van der Waals surface area contributed by atoms with Gasteiger partial charge in [0.25, 0.3) is 5.91 Å². The van der Waals surface area contributed by atoms with Crippen LogP contribution in [0.3, 0.4) is 0 Å². The van der Waals surface area contributed by atoms with E-state index < -0.39 is 0 Å². The third kappa shape index (κ3) is 3.37. The van der Waals surface area contributed by atoms with Crippen LogP contribution in [0.2, 0.25) is 0 Å². The maximum atomic E-state index is 13.5. The van der Waals surface area contributed by atoms with Crippen LogP contribution in [-0.2, 0) is 6.42 Å². The summed E-state index contributed by atoms with van der Waals surface area (Å²) < 4.78 is 19.4. The van der Waals surface area contributed by atoms with Gasteiger partial charge < -0.3 is 9.32 Å². The van der Waals surface area contributed by atoms with Crippen molar-refractivity contribution < 1.29 is 13.6 Å². The van der Waals surface area contributed by atoms with Crippen LogP contribution in [0.1, 0.15) is 35.4 Å². The van der Waals surface area contributed by atoms with Gasteiger partial charge in [0, 0.05) is 41.5 Å². The molecule has 0 bridgehead atoms. The summed E-state index contributed by atoms with van der Waals surface area (Å²) in [5.74, 6) is 0.550. The van der Waals surface area contributed by atoms with E-state index in [0.29, 0.717) is 17.6 Å². The van der Waals surface area contributed by atoms with Crippen LogP contribution in [0.5, 0.6) is 0 Å². The number of nitrogens with zero attached hydrogens (tertiary/aromatic N) is 2. The number of benzene rings is 2. The first-order chi connectivity index (χ1) is 14.2. The van der Waals surface area contributed by atoms with Crippen molar-refractivity contribution in [1.82, 2.24) is 9.88 Å². The summed E-state index contributed by atoms with van der Waals surface area (Å²) in [6.45, 7) is 0.731. The van der Waals surface area contributed by atoms with Crippen molar-refractivity contribution in [2.75, 3.05) is 6.54 Å². The van der Waals surface area contributed by atoms with E-state index >= 15 is 0 Å². The predicted octanol–water partition coefficient (Wildman–Crippen LogP) is 5.36. The van der Waals surface area contributed by atoms with Gasteiger partial charge in [0.05, 0.1) is 5.52 Å². The second kappa shape index (κ2) is 7.32. The number of hydrogen-bond donors (Lipinski definition) is 0. The van der Waals surface area contributed by atoms with E-state index in [1.165, 1.54) is 12.1 Å². The Balaban J connectivity index is 1.45. The molecule has 2 aromatic heterocycles. The number of piperidine rings is 1. The molecule has 29 heavy (non-hydrogen) atoms. The highest BCUT2D eigenvalue weighted by atomic mass is 19.1. The molecule has 1 unspecified atom stereocenters.